The molecule has 0 aliphatic rings. The minimum Gasteiger partial charge on any atom is -0.488 e. The van der Waals surface area contributed by atoms with Crippen molar-refractivity contribution in [1.82, 2.24) is 14.9 Å². The first-order valence-corrected chi connectivity index (χ1v) is 10.4. The maximum absolute atomic E-state index is 12.9. The molecule has 2 aromatic carbocycles. The number of nitrogens with zero attached hydrogens (tertiary/aromatic N) is 3. The van der Waals surface area contributed by atoms with Crippen molar-refractivity contribution < 1.29 is 14.1 Å². The van der Waals surface area contributed by atoms with E-state index >= 15 is 0 Å². The number of aromatic nitrogens is 3. The SMILES string of the molecule is Cc1ccc(OCc2c(C(=O)Nc3cnn(Cc4ccccc4C)c3)noc2C)c(C)c1. The zero-order valence-corrected chi connectivity index (χ0v) is 18.7. The predicted octanol–water partition coefficient (Wildman–Crippen LogP) is 4.98. The Bertz CT molecular complexity index is 1260. The van der Waals surface area contributed by atoms with Crippen molar-refractivity contribution in [2.45, 2.75) is 40.8 Å². The summed E-state index contributed by atoms with van der Waals surface area (Å²) >= 11 is 0. The molecule has 1 amide bonds. The Labute approximate surface area is 187 Å². The average Bonchev–Trinajstić information content (AvgIpc) is 3.35. The van der Waals surface area contributed by atoms with Crippen LogP contribution in [0, 0.1) is 27.7 Å². The normalized spacial score (nSPS) is 10.9. The number of anilines is 1. The predicted molar refractivity (Wildman–Crippen MR) is 122 cm³/mol. The third kappa shape index (κ3) is 4.72. The summed E-state index contributed by atoms with van der Waals surface area (Å²) in [6.45, 7) is 8.67. The van der Waals surface area contributed by atoms with Gasteiger partial charge in [0.05, 0.1) is 24.0 Å². The fraction of sp³-hybridized carbons (Fsp3) is 0.240. The first kappa shape index (κ1) is 21.4. The number of rotatable bonds is 7. The van der Waals surface area contributed by atoms with Crippen LogP contribution in [-0.4, -0.2) is 20.8 Å². The van der Waals surface area contributed by atoms with E-state index in [1.54, 1.807) is 24.0 Å². The fourth-order valence-electron chi connectivity index (χ4n) is 3.52. The third-order valence-electron chi connectivity index (χ3n) is 5.39. The van der Waals surface area contributed by atoms with Crippen LogP contribution in [0.1, 0.15) is 44.1 Å². The van der Waals surface area contributed by atoms with Gasteiger partial charge in [-0.3, -0.25) is 9.48 Å². The topological polar surface area (TPSA) is 82.2 Å². The van der Waals surface area contributed by atoms with E-state index in [0.29, 0.717) is 23.6 Å². The van der Waals surface area contributed by atoms with Crippen molar-refractivity contribution in [3.05, 3.63) is 94.1 Å². The standard InChI is InChI=1S/C25H26N4O3/c1-16-9-10-23(18(3)11-16)31-15-22-19(4)32-28-24(22)25(30)27-21-12-26-29(14-21)13-20-8-6-5-7-17(20)2/h5-12,14H,13,15H2,1-4H3,(H,27,30). The van der Waals surface area contributed by atoms with Crippen LogP contribution in [0.25, 0.3) is 0 Å². The molecule has 0 saturated heterocycles. The number of benzene rings is 2. The van der Waals surface area contributed by atoms with Crippen molar-refractivity contribution in [2.24, 2.45) is 0 Å². The molecule has 2 heterocycles. The summed E-state index contributed by atoms with van der Waals surface area (Å²) in [5.41, 5.74) is 5.98. The van der Waals surface area contributed by atoms with Gasteiger partial charge in [0, 0.05) is 6.20 Å². The molecule has 7 nitrogen and oxygen atoms in total. The van der Waals surface area contributed by atoms with Crippen LogP contribution >= 0.6 is 0 Å². The summed E-state index contributed by atoms with van der Waals surface area (Å²) in [6.07, 6.45) is 3.41. The van der Waals surface area contributed by atoms with Gasteiger partial charge in [-0.25, -0.2) is 0 Å². The second kappa shape index (κ2) is 9.09. The van der Waals surface area contributed by atoms with Crippen molar-refractivity contribution in [3.8, 4) is 5.75 Å². The Morgan fingerprint density at radius 1 is 1.09 bits per heavy atom. The zero-order valence-electron chi connectivity index (χ0n) is 18.7. The van der Waals surface area contributed by atoms with Crippen molar-refractivity contribution in [3.63, 3.8) is 0 Å². The molecular weight excluding hydrogens is 404 g/mol. The maximum atomic E-state index is 12.9. The van der Waals surface area contributed by atoms with Gasteiger partial charge in [0.15, 0.2) is 5.69 Å². The smallest absolute Gasteiger partial charge is 0.278 e. The highest BCUT2D eigenvalue weighted by Gasteiger charge is 2.21. The first-order chi connectivity index (χ1) is 15.4. The number of hydrogen-bond acceptors (Lipinski definition) is 5. The van der Waals surface area contributed by atoms with Gasteiger partial charge in [-0.15, -0.1) is 0 Å². The van der Waals surface area contributed by atoms with Gasteiger partial charge < -0.3 is 14.6 Å². The van der Waals surface area contributed by atoms with Gasteiger partial charge in [0.1, 0.15) is 18.1 Å². The van der Waals surface area contributed by atoms with Crippen LogP contribution in [0.5, 0.6) is 5.75 Å². The molecule has 0 saturated carbocycles. The Balaban J connectivity index is 1.44. The van der Waals surface area contributed by atoms with Gasteiger partial charge in [0.25, 0.3) is 5.91 Å². The van der Waals surface area contributed by atoms with E-state index in [1.807, 2.05) is 38.1 Å². The van der Waals surface area contributed by atoms with Crippen molar-refractivity contribution in [2.75, 3.05) is 5.32 Å². The van der Waals surface area contributed by atoms with Crippen molar-refractivity contribution >= 4 is 11.6 Å². The molecule has 0 aliphatic heterocycles. The molecule has 0 radical (unpaired) electrons. The van der Waals surface area contributed by atoms with Gasteiger partial charge >= 0.3 is 0 Å². The molecule has 0 unspecified atom stereocenters. The molecule has 2 aromatic heterocycles. The number of amides is 1. The van der Waals surface area contributed by atoms with E-state index in [4.69, 9.17) is 9.26 Å². The molecule has 4 rings (SSSR count). The summed E-state index contributed by atoms with van der Waals surface area (Å²) < 4.78 is 13.0. The Kier molecular flexibility index (Phi) is 6.07. The minimum absolute atomic E-state index is 0.189. The van der Waals surface area contributed by atoms with Gasteiger partial charge in [-0.1, -0.05) is 47.1 Å². The van der Waals surface area contributed by atoms with E-state index in [9.17, 15) is 4.79 Å². The molecule has 0 aliphatic carbocycles. The van der Waals surface area contributed by atoms with Crippen LogP contribution in [0.3, 0.4) is 0 Å². The lowest BCUT2D eigenvalue weighted by Crippen LogP contribution is -2.15. The number of carbonyl (C=O) groups excluding carboxylic acids is 1. The van der Waals surface area contributed by atoms with E-state index in [1.165, 1.54) is 16.7 Å². The van der Waals surface area contributed by atoms with Crippen LogP contribution in [0.15, 0.2) is 59.4 Å². The molecule has 164 valence electrons. The number of aryl methyl sites for hydroxylation is 4. The highest BCUT2D eigenvalue weighted by atomic mass is 16.5. The quantitative estimate of drug-likeness (QED) is 0.447. The Morgan fingerprint density at radius 3 is 2.69 bits per heavy atom. The highest BCUT2D eigenvalue weighted by molar-refractivity contribution is 6.03. The number of hydrogen-bond donors (Lipinski definition) is 1. The number of nitrogens with one attached hydrogen (secondary N) is 1. The van der Waals surface area contributed by atoms with Gasteiger partial charge in [0.2, 0.25) is 0 Å². The minimum atomic E-state index is -0.364. The zero-order chi connectivity index (χ0) is 22.7. The Morgan fingerprint density at radius 2 is 1.91 bits per heavy atom. The summed E-state index contributed by atoms with van der Waals surface area (Å²) in [5, 5.41) is 11.2. The fourth-order valence-corrected chi connectivity index (χ4v) is 3.52. The molecular formula is C25H26N4O3. The molecule has 7 heteroatoms. The van der Waals surface area contributed by atoms with E-state index in [0.717, 1.165) is 11.3 Å². The maximum Gasteiger partial charge on any atom is 0.278 e. The van der Waals surface area contributed by atoms with E-state index < -0.39 is 0 Å². The second-order valence-corrected chi connectivity index (χ2v) is 7.93. The number of ether oxygens (including phenoxy) is 1. The van der Waals surface area contributed by atoms with Crippen LogP contribution in [-0.2, 0) is 13.2 Å². The third-order valence-corrected chi connectivity index (χ3v) is 5.39. The number of carbonyl (C=O) groups is 1. The van der Waals surface area contributed by atoms with Gasteiger partial charge in [-0.05, 0) is 50.5 Å². The molecule has 4 aromatic rings. The highest BCUT2D eigenvalue weighted by Crippen LogP contribution is 2.23. The first-order valence-electron chi connectivity index (χ1n) is 10.4. The van der Waals surface area contributed by atoms with Crippen LogP contribution in [0.4, 0.5) is 5.69 Å². The van der Waals surface area contributed by atoms with Gasteiger partial charge in [-0.2, -0.15) is 5.10 Å². The second-order valence-electron chi connectivity index (χ2n) is 7.93. The summed E-state index contributed by atoms with van der Waals surface area (Å²) in [6, 6.07) is 14.1. The molecule has 0 fully saturated rings. The summed E-state index contributed by atoms with van der Waals surface area (Å²) in [7, 11) is 0. The molecule has 32 heavy (non-hydrogen) atoms. The lowest BCUT2D eigenvalue weighted by atomic mass is 10.1. The van der Waals surface area contributed by atoms with Crippen LogP contribution in [0.2, 0.25) is 0 Å². The van der Waals surface area contributed by atoms with Crippen LogP contribution < -0.4 is 10.1 Å². The molecule has 0 spiro atoms. The molecule has 0 atom stereocenters. The average molecular weight is 431 g/mol. The largest absolute Gasteiger partial charge is 0.488 e. The monoisotopic (exact) mass is 430 g/mol. The lowest BCUT2D eigenvalue weighted by Gasteiger charge is -2.10. The lowest BCUT2D eigenvalue weighted by molar-refractivity contribution is 0.101. The Hall–Kier alpha value is -3.87. The van der Waals surface area contributed by atoms with E-state index in [2.05, 4.69) is 40.7 Å². The summed E-state index contributed by atoms with van der Waals surface area (Å²) in [5.74, 6) is 0.951. The molecule has 1 N–H and O–H groups in total. The van der Waals surface area contributed by atoms with E-state index in [-0.39, 0.29) is 18.2 Å². The summed E-state index contributed by atoms with van der Waals surface area (Å²) in [4.78, 5) is 12.9. The molecule has 0 bridgehead atoms. The van der Waals surface area contributed by atoms with Crippen molar-refractivity contribution in [1.29, 1.82) is 0 Å².